The molecule has 0 radical (unpaired) electrons. The molecule has 2 rings (SSSR count). The zero-order valence-electron chi connectivity index (χ0n) is 9.96. The van der Waals surface area contributed by atoms with Gasteiger partial charge in [-0.15, -0.1) is 0 Å². The Morgan fingerprint density at radius 1 is 1.67 bits per heavy atom. The van der Waals surface area contributed by atoms with Gasteiger partial charge in [-0.3, -0.25) is 10.1 Å². The normalized spacial score (nSPS) is 16.1. The van der Waals surface area contributed by atoms with Gasteiger partial charge in [0, 0.05) is 13.6 Å². The third-order valence-corrected chi connectivity index (χ3v) is 2.83. The van der Waals surface area contributed by atoms with Crippen molar-refractivity contribution in [3.63, 3.8) is 0 Å². The molecule has 1 aliphatic carbocycles. The highest BCUT2D eigenvalue weighted by molar-refractivity contribution is 5.56. The SMILES string of the molecule is CNc1ncc([N+](=O)[O-])c(NCC(O)C2CC2)n1. The fraction of sp³-hybridized carbons (Fsp3) is 0.600. The summed E-state index contributed by atoms with van der Waals surface area (Å²) in [7, 11) is 1.63. The van der Waals surface area contributed by atoms with Gasteiger partial charge in [-0.25, -0.2) is 4.98 Å². The van der Waals surface area contributed by atoms with Gasteiger partial charge in [0.05, 0.1) is 11.0 Å². The molecule has 8 heteroatoms. The number of aliphatic hydroxyl groups is 1. The van der Waals surface area contributed by atoms with Crippen LogP contribution in [-0.2, 0) is 0 Å². The monoisotopic (exact) mass is 253 g/mol. The first-order valence-electron chi connectivity index (χ1n) is 5.73. The summed E-state index contributed by atoms with van der Waals surface area (Å²) < 4.78 is 0. The fourth-order valence-electron chi connectivity index (χ4n) is 1.61. The average molecular weight is 253 g/mol. The van der Waals surface area contributed by atoms with Crippen LogP contribution in [0.25, 0.3) is 0 Å². The summed E-state index contributed by atoms with van der Waals surface area (Å²) in [5.41, 5.74) is -0.197. The molecular weight excluding hydrogens is 238 g/mol. The maximum atomic E-state index is 10.8. The minimum Gasteiger partial charge on any atom is -0.391 e. The topological polar surface area (TPSA) is 113 Å². The zero-order valence-corrected chi connectivity index (χ0v) is 9.96. The van der Waals surface area contributed by atoms with Crippen molar-refractivity contribution >= 4 is 17.5 Å². The van der Waals surface area contributed by atoms with Crippen LogP contribution in [0.5, 0.6) is 0 Å². The second kappa shape index (κ2) is 5.13. The predicted molar refractivity (Wildman–Crippen MR) is 65.5 cm³/mol. The Morgan fingerprint density at radius 2 is 2.39 bits per heavy atom. The van der Waals surface area contributed by atoms with E-state index in [1.807, 2.05) is 0 Å². The van der Waals surface area contributed by atoms with Gasteiger partial charge >= 0.3 is 5.69 Å². The first-order valence-corrected chi connectivity index (χ1v) is 5.73. The molecule has 0 aliphatic heterocycles. The highest BCUT2D eigenvalue weighted by Crippen LogP contribution is 2.33. The standard InChI is InChI=1S/C10H15N5O3/c1-11-10-13-4-7(15(17)18)9(14-10)12-5-8(16)6-2-3-6/h4,6,8,16H,2-3,5H2,1H3,(H2,11,12,13,14). The summed E-state index contributed by atoms with van der Waals surface area (Å²) in [5, 5.41) is 26.0. The molecule has 3 N–H and O–H groups in total. The fourth-order valence-corrected chi connectivity index (χ4v) is 1.61. The number of nitrogens with zero attached hydrogens (tertiary/aromatic N) is 3. The molecule has 8 nitrogen and oxygen atoms in total. The van der Waals surface area contributed by atoms with Crippen LogP contribution in [0.15, 0.2) is 6.20 Å². The summed E-state index contributed by atoms with van der Waals surface area (Å²) in [5.74, 6) is 0.727. The molecule has 1 aromatic heterocycles. The lowest BCUT2D eigenvalue weighted by Gasteiger charge is -2.11. The van der Waals surface area contributed by atoms with Crippen molar-refractivity contribution in [1.82, 2.24) is 9.97 Å². The predicted octanol–water partition coefficient (Wildman–Crippen LogP) is 0.609. The molecule has 0 bridgehead atoms. The van der Waals surface area contributed by atoms with E-state index < -0.39 is 11.0 Å². The quantitative estimate of drug-likeness (QED) is 0.502. The van der Waals surface area contributed by atoms with Crippen LogP contribution in [0.4, 0.5) is 17.5 Å². The summed E-state index contributed by atoms with van der Waals surface area (Å²) in [6, 6.07) is 0. The molecule has 0 aromatic carbocycles. The second-order valence-electron chi connectivity index (χ2n) is 4.22. The smallest absolute Gasteiger partial charge is 0.329 e. The molecule has 1 aromatic rings. The number of nitro groups is 1. The van der Waals surface area contributed by atoms with Crippen LogP contribution in [0.2, 0.25) is 0 Å². The van der Waals surface area contributed by atoms with Crippen LogP contribution in [0.3, 0.4) is 0 Å². The van der Waals surface area contributed by atoms with Gasteiger partial charge in [-0.2, -0.15) is 4.98 Å². The lowest BCUT2D eigenvalue weighted by atomic mass is 10.2. The van der Waals surface area contributed by atoms with Gasteiger partial charge in [0.15, 0.2) is 0 Å². The number of rotatable bonds is 6. The second-order valence-corrected chi connectivity index (χ2v) is 4.22. The van der Waals surface area contributed by atoms with Crippen molar-refractivity contribution in [3.8, 4) is 0 Å². The van der Waals surface area contributed by atoms with Crippen LogP contribution in [0.1, 0.15) is 12.8 Å². The molecule has 1 aliphatic rings. The van der Waals surface area contributed by atoms with Gasteiger partial charge < -0.3 is 15.7 Å². The summed E-state index contributed by atoms with van der Waals surface area (Å²) in [6.07, 6.45) is 2.68. The van der Waals surface area contributed by atoms with E-state index >= 15 is 0 Å². The van der Waals surface area contributed by atoms with E-state index in [9.17, 15) is 15.2 Å². The van der Waals surface area contributed by atoms with E-state index in [1.54, 1.807) is 7.05 Å². The Morgan fingerprint density at radius 3 is 2.94 bits per heavy atom. The van der Waals surface area contributed by atoms with Crippen molar-refractivity contribution in [2.45, 2.75) is 18.9 Å². The number of hydrogen-bond acceptors (Lipinski definition) is 7. The van der Waals surface area contributed by atoms with Crippen LogP contribution >= 0.6 is 0 Å². The minimum absolute atomic E-state index is 0.124. The number of hydrogen-bond donors (Lipinski definition) is 3. The number of nitrogens with one attached hydrogen (secondary N) is 2. The highest BCUT2D eigenvalue weighted by atomic mass is 16.6. The average Bonchev–Trinajstić information content (AvgIpc) is 3.19. The molecule has 0 amide bonds. The molecule has 98 valence electrons. The molecule has 0 spiro atoms. The van der Waals surface area contributed by atoms with Crippen molar-refractivity contribution in [2.75, 3.05) is 24.2 Å². The minimum atomic E-state index is -0.550. The Labute approximate surface area is 104 Å². The van der Waals surface area contributed by atoms with Gasteiger partial charge in [0.25, 0.3) is 0 Å². The first-order chi connectivity index (χ1) is 8.61. The summed E-state index contributed by atoms with van der Waals surface area (Å²) in [6.45, 7) is 0.256. The summed E-state index contributed by atoms with van der Waals surface area (Å²) >= 11 is 0. The molecule has 1 heterocycles. The molecule has 1 atom stereocenters. The van der Waals surface area contributed by atoms with Gasteiger partial charge in [-0.05, 0) is 18.8 Å². The van der Waals surface area contributed by atoms with Crippen LogP contribution in [0, 0.1) is 16.0 Å². The molecule has 0 saturated heterocycles. The summed E-state index contributed by atoms with van der Waals surface area (Å²) in [4.78, 5) is 18.0. The van der Waals surface area contributed by atoms with Crippen LogP contribution < -0.4 is 10.6 Å². The van der Waals surface area contributed by atoms with Gasteiger partial charge in [0.2, 0.25) is 11.8 Å². The van der Waals surface area contributed by atoms with Gasteiger partial charge in [-0.1, -0.05) is 0 Å². The molecule has 1 unspecified atom stereocenters. The number of aromatic nitrogens is 2. The molecular formula is C10H15N5O3. The lowest BCUT2D eigenvalue weighted by molar-refractivity contribution is -0.384. The number of aliphatic hydroxyl groups excluding tert-OH is 1. The third kappa shape index (κ3) is 2.83. The number of anilines is 2. The highest BCUT2D eigenvalue weighted by Gasteiger charge is 2.30. The Hall–Kier alpha value is -1.96. The van der Waals surface area contributed by atoms with E-state index in [1.165, 1.54) is 0 Å². The van der Waals surface area contributed by atoms with Crippen LogP contribution in [-0.4, -0.2) is 39.7 Å². The van der Waals surface area contributed by atoms with Crippen molar-refractivity contribution in [1.29, 1.82) is 0 Å². The van der Waals surface area contributed by atoms with E-state index in [0.717, 1.165) is 19.0 Å². The van der Waals surface area contributed by atoms with Crippen molar-refractivity contribution in [3.05, 3.63) is 16.3 Å². The largest absolute Gasteiger partial charge is 0.391 e. The Balaban J connectivity index is 2.09. The van der Waals surface area contributed by atoms with Crippen molar-refractivity contribution in [2.24, 2.45) is 5.92 Å². The Kier molecular flexibility index (Phi) is 3.56. The van der Waals surface area contributed by atoms with E-state index in [0.29, 0.717) is 11.9 Å². The molecule has 18 heavy (non-hydrogen) atoms. The Bertz CT molecular complexity index is 449. The van der Waals surface area contributed by atoms with E-state index in [2.05, 4.69) is 20.6 Å². The third-order valence-electron chi connectivity index (χ3n) is 2.83. The van der Waals surface area contributed by atoms with Crippen molar-refractivity contribution < 1.29 is 10.0 Å². The maximum Gasteiger partial charge on any atom is 0.329 e. The first kappa shape index (κ1) is 12.5. The zero-order chi connectivity index (χ0) is 13.1. The van der Waals surface area contributed by atoms with Gasteiger partial charge in [0.1, 0.15) is 6.20 Å². The molecule has 1 fully saturated rings. The van der Waals surface area contributed by atoms with E-state index in [-0.39, 0.29) is 18.1 Å². The van der Waals surface area contributed by atoms with E-state index in [4.69, 9.17) is 0 Å². The maximum absolute atomic E-state index is 10.8. The molecule has 1 saturated carbocycles. The lowest BCUT2D eigenvalue weighted by Crippen LogP contribution is -2.22.